The smallest absolute Gasteiger partial charge is 0.322 e. The van der Waals surface area contributed by atoms with Crippen LogP contribution in [0.15, 0.2) is 54.6 Å². The summed E-state index contributed by atoms with van der Waals surface area (Å²) in [5, 5.41) is 8.96. The van der Waals surface area contributed by atoms with Gasteiger partial charge in [0.1, 0.15) is 17.9 Å². The number of imide groups is 1. The third-order valence-corrected chi connectivity index (χ3v) is 6.37. The Morgan fingerprint density at radius 1 is 1.18 bits per heavy atom. The molecule has 8 nitrogen and oxygen atoms in total. The molecule has 1 spiro atoms. The topological polar surface area (TPSA) is 109 Å². The summed E-state index contributed by atoms with van der Waals surface area (Å²) in [7, 11) is 0. The van der Waals surface area contributed by atoms with E-state index in [0.717, 1.165) is 28.6 Å². The number of benzene rings is 2. The van der Waals surface area contributed by atoms with Crippen LogP contribution < -0.4 is 20.7 Å². The first-order valence-electron chi connectivity index (χ1n) is 11.0. The second kappa shape index (κ2) is 8.20. The Bertz CT molecular complexity index is 1260. The minimum Gasteiger partial charge on any atom is -0.489 e. The first-order valence-corrected chi connectivity index (χ1v) is 11.0. The molecule has 2 atom stereocenters. The molecule has 3 N–H and O–H groups in total. The highest BCUT2D eigenvalue weighted by Crippen LogP contribution is 2.33. The molecule has 33 heavy (non-hydrogen) atoms. The fraction of sp³-hybridized carbons (Fsp3) is 0.280. The van der Waals surface area contributed by atoms with Crippen molar-refractivity contribution in [3.05, 3.63) is 71.4 Å². The monoisotopic (exact) mass is 444 g/mol. The van der Waals surface area contributed by atoms with E-state index >= 15 is 0 Å². The summed E-state index contributed by atoms with van der Waals surface area (Å²) >= 11 is 0. The second-order valence-electron chi connectivity index (χ2n) is 8.55. The zero-order valence-corrected chi connectivity index (χ0v) is 18.2. The number of aromatic nitrogens is 1. The lowest BCUT2D eigenvalue weighted by molar-refractivity contribution is -0.124. The van der Waals surface area contributed by atoms with E-state index in [1.807, 2.05) is 37.3 Å². The first-order chi connectivity index (χ1) is 15.9. The van der Waals surface area contributed by atoms with Crippen LogP contribution in [0, 0.1) is 6.92 Å². The van der Waals surface area contributed by atoms with Gasteiger partial charge in [-0.2, -0.15) is 0 Å². The van der Waals surface area contributed by atoms with Crippen LogP contribution in [0.25, 0.3) is 10.9 Å². The predicted octanol–water partition coefficient (Wildman–Crippen LogP) is 2.98. The number of ether oxygens (including phenoxy) is 1. The molecular formula is C25H24N4O4. The lowest BCUT2D eigenvalue weighted by atomic mass is 9.93. The molecule has 0 radical (unpaired) electrons. The number of hydrogen-bond donors (Lipinski definition) is 3. The normalized spacial score (nSPS) is 21.8. The van der Waals surface area contributed by atoms with E-state index in [9.17, 15) is 14.4 Å². The molecule has 1 aliphatic carbocycles. The molecule has 168 valence electrons. The molecule has 1 aliphatic heterocycles. The van der Waals surface area contributed by atoms with E-state index in [4.69, 9.17) is 4.74 Å². The van der Waals surface area contributed by atoms with E-state index in [-0.39, 0.29) is 11.8 Å². The lowest BCUT2D eigenvalue weighted by Gasteiger charge is -2.28. The summed E-state index contributed by atoms with van der Waals surface area (Å²) < 4.78 is 5.97. The summed E-state index contributed by atoms with van der Waals surface area (Å²) in [6, 6.07) is 15.9. The Balaban J connectivity index is 1.25. The van der Waals surface area contributed by atoms with Crippen molar-refractivity contribution < 1.29 is 19.1 Å². The molecule has 2 aromatic carbocycles. The van der Waals surface area contributed by atoms with Gasteiger partial charge in [-0.3, -0.25) is 19.9 Å². The Labute approximate surface area is 190 Å². The predicted molar refractivity (Wildman–Crippen MR) is 122 cm³/mol. The Morgan fingerprint density at radius 2 is 1.97 bits per heavy atom. The van der Waals surface area contributed by atoms with Crippen molar-refractivity contribution in [3.63, 3.8) is 0 Å². The van der Waals surface area contributed by atoms with Crippen LogP contribution in [-0.2, 0) is 11.4 Å². The van der Waals surface area contributed by atoms with Crippen molar-refractivity contribution in [1.82, 2.24) is 20.9 Å². The van der Waals surface area contributed by atoms with Gasteiger partial charge in [0.05, 0.1) is 11.6 Å². The largest absolute Gasteiger partial charge is 0.489 e. The number of carbonyl (C=O) groups is 3. The molecule has 2 heterocycles. The van der Waals surface area contributed by atoms with Gasteiger partial charge in [-0.15, -0.1) is 0 Å². The minimum absolute atomic E-state index is 0.294. The number of pyridine rings is 1. The summed E-state index contributed by atoms with van der Waals surface area (Å²) in [5.74, 6) is -0.0275. The van der Waals surface area contributed by atoms with Crippen LogP contribution in [-0.4, -0.2) is 34.4 Å². The van der Waals surface area contributed by atoms with Crippen molar-refractivity contribution in [2.24, 2.45) is 0 Å². The average molecular weight is 444 g/mol. The standard InChI is InChI=1S/C25H24N4O4/c1-15-13-17(19-5-2-3-6-20(19)26-15)14-33-18-10-8-16(9-11-18)22(30)27-21-7-4-12-25(21)23(31)28-24(32)29-25/h2-3,5-6,8-11,13,21H,4,7,12,14H2,1H3,(H,27,30)(H2,28,29,31,32)/t21-,25-/m1/s1. The molecular weight excluding hydrogens is 420 g/mol. The summed E-state index contributed by atoms with van der Waals surface area (Å²) in [4.78, 5) is 41.3. The Kier molecular flexibility index (Phi) is 5.20. The summed E-state index contributed by atoms with van der Waals surface area (Å²) in [5.41, 5.74) is 2.31. The lowest BCUT2D eigenvalue weighted by Crippen LogP contribution is -2.59. The third-order valence-electron chi connectivity index (χ3n) is 6.37. The fourth-order valence-electron chi connectivity index (χ4n) is 4.75. The maximum absolute atomic E-state index is 12.8. The van der Waals surface area contributed by atoms with Crippen molar-refractivity contribution in [2.45, 2.75) is 44.4 Å². The molecule has 1 saturated carbocycles. The third kappa shape index (κ3) is 3.88. The van der Waals surface area contributed by atoms with Crippen LogP contribution in [0.5, 0.6) is 5.75 Å². The minimum atomic E-state index is -1.05. The van der Waals surface area contributed by atoms with Gasteiger partial charge < -0.3 is 15.4 Å². The first kappa shape index (κ1) is 20.9. The van der Waals surface area contributed by atoms with Gasteiger partial charge >= 0.3 is 6.03 Å². The molecule has 2 fully saturated rings. The Morgan fingerprint density at radius 3 is 2.73 bits per heavy atom. The van der Waals surface area contributed by atoms with Gasteiger partial charge in [0.25, 0.3) is 11.8 Å². The molecule has 5 rings (SSSR count). The van der Waals surface area contributed by atoms with E-state index in [1.165, 1.54) is 0 Å². The molecule has 4 amide bonds. The molecule has 0 unspecified atom stereocenters. The van der Waals surface area contributed by atoms with Gasteiger partial charge in [-0.25, -0.2) is 4.79 Å². The molecule has 2 aliphatic rings. The van der Waals surface area contributed by atoms with E-state index < -0.39 is 17.6 Å². The number of aryl methyl sites for hydroxylation is 1. The highest BCUT2D eigenvalue weighted by Gasteiger charge is 2.55. The van der Waals surface area contributed by atoms with E-state index in [0.29, 0.717) is 30.8 Å². The molecule has 8 heteroatoms. The number of nitrogens with zero attached hydrogens (tertiary/aromatic N) is 1. The van der Waals surface area contributed by atoms with Crippen molar-refractivity contribution in [1.29, 1.82) is 0 Å². The van der Waals surface area contributed by atoms with Crippen LogP contribution in [0.2, 0.25) is 0 Å². The van der Waals surface area contributed by atoms with Crippen molar-refractivity contribution >= 4 is 28.7 Å². The number of amides is 4. The highest BCUT2D eigenvalue weighted by molar-refractivity contribution is 6.08. The van der Waals surface area contributed by atoms with Gasteiger partial charge in [0.15, 0.2) is 0 Å². The SMILES string of the molecule is Cc1cc(COc2ccc(C(=O)N[C@@H]3CCC[C@@]34NC(=O)NC4=O)cc2)c2ccccc2n1. The van der Waals surface area contributed by atoms with Gasteiger partial charge in [-0.05, 0) is 62.6 Å². The van der Waals surface area contributed by atoms with Crippen molar-refractivity contribution in [2.75, 3.05) is 0 Å². The summed E-state index contributed by atoms with van der Waals surface area (Å²) in [6.07, 6.45) is 1.87. The second-order valence-corrected chi connectivity index (χ2v) is 8.55. The maximum atomic E-state index is 12.8. The van der Waals surface area contributed by atoms with Crippen LogP contribution in [0.3, 0.4) is 0 Å². The van der Waals surface area contributed by atoms with Gasteiger partial charge in [0.2, 0.25) is 0 Å². The molecule has 1 saturated heterocycles. The van der Waals surface area contributed by atoms with Crippen molar-refractivity contribution in [3.8, 4) is 5.75 Å². The fourth-order valence-corrected chi connectivity index (χ4v) is 4.75. The maximum Gasteiger partial charge on any atom is 0.322 e. The number of carbonyl (C=O) groups excluding carboxylic acids is 3. The van der Waals surface area contributed by atoms with Crippen LogP contribution in [0.1, 0.15) is 40.9 Å². The number of para-hydroxylation sites is 1. The number of rotatable bonds is 5. The summed E-state index contributed by atoms with van der Waals surface area (Å²) in [6.45, 7) is 2.34. The molecule has 3 aromatic rings. The Hall–Kier alpha value is -3.94. The molecule has 0 bridgehead atoms. The van der Waals surface area contributed by atoms with E-state index in [1.54, 1.807) is 24.3 Å². The number of urea groups is 1. The van der Waals surface area contributed by atoms with Gasteiger partial charge in [-0.1, -0.05) is 18.2 Å². The highest BCUT2D eigenvalue weighted by atomic mass is 16.5. The molecule has 1 aromatic heterocycles. The number of fused-ring (bicyclic) bond motifs is 1. The number of hydrogen-bond acceptors (Lipinski definition) is 5. The van der Waals surface area contributed by atoms with Gasteiger partial charge in [0, 0.05) is 22.2 Å². The zero-order valence-electron chi connectivity index (χ0n) is 18.2. The van der Waals surface area contributed by atoms with Crippen LogP contribution in [0.4, 0.5) is 4.79 Å². The van der Waals surface area contributed by atoms with E-state index in [2.05, 4.69) is 20.9 Å². The van der Waals surface area contributed by atoms with Crippen LogP contribution >= 0.6 is 0 Å². The average Bonchev–Trinajstić information content (AvgIpc) is 3.33. The number of nitrogens with one attached hydrogen (secondary N) is 3. The zero-order chi connectivity index (χ0) is 23.0. The quantitative estimate of drug-likeness (QED) is 0.524.